The van der Waals surface area contributed by atoms with E-state index in [9.17, 15) is 0 Å². The van der Waals surface area contributed by atoms with Gasteiger partial charge in [0.2, 0.25) is 0 Å². The van der Waals surface area contributed by atoms with Crippen LogP contribution in [0.3, 0.4) is 0 Å². The molecule has 3 aliphatic rings. The van der Waals surface area contributed by atoms with E-state index in [1.807, 2.05) is 6.07 Å². The third-order valence-corrected chi connectivity index (χ3v) is 10.3. The van der Waals surface area contributed by atoms with Gasteiger partial charge in [-0.3, -0.25) is 0 Å². The second-order valence-electron chi connectivity index (χ2n) is 12.7. The first-order valence-corrected chi connectivity index (χ1v) is 16.5. The molecule has 0 radical (unpaired) electrons. The van der Waals surface area contributed by atoms with Crippen molar-refractivity contribution in [3.8, 4) is 44.5 Å². The van der Waals surface area contributed by atoms with E-state index in [0.717, 1.165) is 23.2 Å². The van der Waals surface area contributed by atoms with Gasteiger partial charge in [0.1, 0.15) is 0 Å². The molecule has 222 valence electrons. The summed E-state index contributed by atoms with van der Waals surface area (Å²) in [6, 6.07) is 50.7. The van der Waals surface area contributed by atoms with E-state index in [2.05, 4.69) is 164 Å². The summed E-state index contributed by atoms with van der Waals surface area (Å²) in [4.78, 5) is 0. The zero-order valence-electron chi connectivity index (χ0n) is 26.3. The SMILES string of the molecule is C=CC1=C2CC=CC=C2c2c1c(-c1ccccc1)c1c#cccc1c2-c1ccc(-c2ccc3c4c(cccc24)-c2ccccc2N3)cc1. The van der Waals surface area contributed by atoms with Crippen molar-refractivity contribution in [2.24, 2.45) is 0 Å². The highest BCUT2D eigenvalue weighted by atomic mass is 14.9. The average molecular weight is 608 g/mol. The molecule has 0 aromatic heterocycles. The summed E-state index contributed by atoms with van der Waals surface area (Å²) in [5.41, 5.74) is 18.5. The Balaban J connectivity index is 1.20. The molecule has 48 heavy (non-hydrogen) atoms. The normalized spacial score (nSPS) is 13.8. The number of hydrogen-bond donors (Lipinski definition) is 1. The second-order valence-corrected chi connectivity index (χ2v) is 12.7. The lowest BCUT2D eigenvalue weighted by Crippen LogP contribution is -2.01. The van der Waals surface area contributed by atoms with Gasteiger partial charge in [-0.15, -0.1) is 0 Å². The number of benzene rings is 6. The van der Waals surface area contributed by atoms with Gasteiger partial charge in [-0.2, -0.15) is 0 Å². The van der Waals surface area contributed by atoms with Gasteiger partial charge < -0.3 is 5.32 Å². The van der Waals surface area contributed by atoms with E-state index >= 15 is 0 Å². The fourth-order valence-electron chi connectivity index (χ4n) is 8.24. The minimum Gasteiger partial charge on any atom is -0.354 e. The quantitative estimate of drug-likeness (QED) is 0.210. The molecule has 0 saturated heterocycles. The largest absolute Gasteiger partial charge is 0.354 e. The molecule has 1 aliphatic heterocycles. The van der Waals surface area contributed by atoms with E-state index in [1.54, 1.807) is 0 Å². The van der Waals surface area contributed by atoms with Crippen LogP contribution in [0.2, 0.25) is 0 Å². The maximum absolute atomic E-state index is 4.32. The predicted molar refractivity (Wildman–Crippen MR) is 203 cm³/mol. The van der Waals surface area contributed by atoms with Crippen molar-refractivity contribution in [3.63, 3.8) is 0 Å². The molecule has 0 unspecified atom stereocenters. The highest BCUT2D eigenvalue weighted by molar-refractivity contribution is 6.20. The topological polar surface area (TPSA) is 12.0 Å². The van der Waals surface area contributed by atoms with E-state index in [1.165, 1.54) is 88.5 Å². The summed E-state index contributed by atoms with van der Waals surface area (Å²) in [7, 11) is 0. The van der Waals surface area contributed by atoms with Crippen molar-refractivity contribution in [3.05, 3.63) is 181 Å². The first-order chi connectivity index (χ1) is 23.8. The zero-order valence-corrected chi connectivity index (χ0v) is 26.3. The van der Waals surface area contributed by atoms with Crippen LogP contribution in [0.4, 0.5) is 11.4 Å². The molecule has 0 spiro atoms. The number of allylic oxidation sites excluding steroid dienone is 7. The third-order valence-electron chi connectivity index (χ3n) is 10.3. The Morgan fingerprint density at radius 3 is 2.27 bits per heavy atom. The zero-order chi connectivity index (χ0) is 31.8. The molecule has 2 aliphatic carbocycles. The molecule has 1 nitrogen and oxygen atoms in total. The van der Waals surface area contributed by atoms with Gasteiger partial charge in [-0.05, 0) is 103 Å². The molecule has 1 heteroatoms. The van der Waals surface area contributed by atoms with Crippen molar-refractivity contribution < 1.29 is 0 Å². The van der Waals surface area contributed by atoms with Gasteiger partial charge in [0.25, 0.3) is 0 Å². The Bertz CT molecular complexity index is 2590. The fraction of sp³-hybridized carbons (Fsp3) is 0.0213. The molecule has 1 N–H and O–H groups in total. The van der Waals surface area contributed by atoms with Crippen molar-refractivity contribution in [1.82, 2.24) is 0 Å². The van der Waals surface area contributed by atoms with Crippen molar-refractivity contribution in [2.45, 2.75) is 6.42 Å². The van der Waals surface area contributed by atoms with Gasteiger partial charge in [0, 0.05) is 33.3 Å². The first-order valence-electron chi connectivity index (χ1n) is 16.5. The summed E-state index contributed by atoms with van der Waals surface area (Å²) < 4.78 is 0. The number of nitrogens with one attached hydrogen (secondary N) is 1. The summed E-state index contributed by atoms with van der Waals surface area (Å²) >= 11 is 0. The van der Waals surface area contributed by atoms with Gasteiger partial charge in [0.15, 0.2) is 0 Å². The van der Waals surface area contributed by atoms with Crippen LogP contribution < -0.4 is 5.32 Å². The van der Waals surface area contributed by atoms with Gasteiger partial charge in [0.05, 0.1) is 0 Å². The van der Waals surface area contributed by atoms with Crippen molar-refractivity contribution in [2.75, 3.05) is 5.32 Å². The summed E-state index contributed by atoms with van der Waals surface area (Å²) in [5.74, 6) is 0. The van der Waals surface area contributed by atoms with E-state index in [4.69, 9.17) is 0 Å². The lowest BCUT2D eigenvalue weighted by molar-refractivity contribution is 1.30. The molecular weight excluding hydrogens is 579 g/mol. The molecule has 0 saturated carbocycles. The second kappa shape index (κ2) is 10.3. The van der Waals surface area contributed by atoms with Gasteiger partial charge >= 0.3 is 0 Å². The fourth-order valence-corrected chi connectivity index (χ4v) is 8.24. The monoisotopic (exact) mass is 607 g/mol. The van der Waals surface area contributed by atoms with Crippen molar-refractivity contribution in [1.29, 1.82) is 0 Å². The standard InChI is InChI=1S/C47H29N/c1-2-32-34-15-6-7-17-37(34)47-44(40-19-9-8-18-39(40)43(46(32)47)30-13-4-3-5-14-30)31-25-23-29(24-26-31)33-27-28-42-45-36(33)20-12-21-38(45)35-16-10-11-22-41(35)48-42/h2-7,9-14,16-17,19-28,48H,1,15H2. The summed E-state index contributed by atoms with van der Waals surface area (Å²) in [6.45, 7) is 4.32. The molecule has 0 amide bonds. The maximum atomic E-state index is 4.32. The first kappa shape index (κ1) is 26.8. The minimum atomic E-state index is 0.894. The molecule has 7 aromatic carbocycles. The molecule has 0 atom stereocenters. The Morgan fingerprint density at radius 2 is 1.40 bits per heavy atom. The Morgan fingerprint density at radius 1 is 0.604 bits per heavy atom. The molecule has 0 bridgehead atoms. The summed E-state index contributed by atoms with van der Waals surface area (Å²) in [6.07, 6.45) is 9.68. The molecule has 0 fully saturated rings. The van der Waals surface area contributed by atoms with E-state index < -0.39 is 0 Å². The highest BCUT2D eigenvalue weighted by Crippen LogP contribution is 2.55. The molecular formula is C47H29N. The van der Waals surface area contributed by atoms with Gasteiger partial charge in [-0.25, -0.2) is 0 Å². The van der Waals surface area contributed by atoms with Crippen LogP contribution in [-0.2, 0) is 0 Å². The van der Waals surface area contributed by atoms with E-state index in [-0.39, 0.29) is 0 Å². The summed E-state index contributed by atoms with van der Waals surface area (Å²) in [5, 5.41) is 8.48. The molecule has 1 heterocycles. The van der Waals surface area contributed by atoms with Crippen LogP contribution in [0.15, 0.2) is 158 Å². The number of hydrogen-bond acceptors (Lipinski definition) is 1. The molecule has 7 aromatic rings. The van der Waals surface area contributed by atoms with Crippen LogP contribution >= 0.6 is 0 Å². The smallest absolute Gasteiger partial charge is 0.0470 e. The van der Waals surface area contributed by atoms with Gasteiger partial charge in [-0.1, -0.05) is 140 Å². The van der Waals surface area contributed by atoms with Crippen LogP contribution in [-0.4, -0.2) is 0 Å². The Kier molecular flexibility index (Phi) is 5.77. The number of fused-ring (bicyclic) bond motifs is 6. The Hall–Kier alpha value is -6.36. The lowest BCUT2D eigenvalue weighted by Gasteiger charge is -2.23. The molecule has 10 rings (SSSR count). The van der Waals surface area contributed by atoms with Crippen LogP contribution in [0.1, 0.15) is 17.5 Å². The van der Waals surface area contributed by atoms with E-state index in [0.29, 0.717) is 0 Å². The Labute approximate surface area is 280 Å². The third kappa shape index (κ3) is 3.75. The lowest BCUT2D eigenvalue weighted by atomic mass is 9.82. The number of anilines is 2. The van der Waals surface area contributed by atoms with Crippen LogP contribution in [0.5, 0.6) is 0 Å². The van der Waals surface area contributed by atoms with Crippen LogP contribution in [0, 0.1) is 12.1 Å². The predicted octanol–water partition coefficient (Wildman–Crippen LogP) is 12.6. The van der Waals surface area contributed by atoms with Crippen molar-refractivity contribution >= 4 is 44.1 Å². The number of para-hydroxylation sites is 1. The minimum absolute atomic E-state index is 0.894. The number of rotatable bonds is 4. The average Bonchev–Trinajstić information content (AvgIpc) is 3.48. The maximum Gasteiger partial charge on any atom is 0.0470 e. The van der Waals surface area contributed by atoms with Crippen LogP contribution in [0.25, 0.3) is 77.2 Å². The highest BCUT2D eigenvalue weighted by Gasteiger charge is 2.33.